The summed E-state index contributed by atoms with van der Waals surface area (Å²) in [5.41, 5.74) is -0.890. The van der Waals surface area contributed by atoms with Crippen molar-refractivity contribution in [3.05, 3.63) is 54.3 Å². The van der Waals surface area contributed by atoms with Gasteiger partial charge in [0.25, 0.3) is 11.1 Å². The first-order valence-corrected chi connectivity index (χ1v) is 5.86. The van der Waals surface area contributed by atoms with Crippen molar-refractivity contribution < 1.29 is 0 Å². The van der Waals surface area contributed by atoms with Crippen LogP contribution in [0.4, 0.5) is 0 Å². The molecule has 12 nitrogen and oxygen atoms in total. The van der Waals surface area contributed by atoms with Gasteiger partial charge in [-0.2, -0.15) is 0 Å². The summed E-state index contributed by atoms with van der Waals surface area (Å²) in [4.78, 5) is 64.5. The van der Waals surface area contributed by atoms with Crippen LogP contribution in [0.2, 0.25) is 0 Å². The summed E-state index contributed by atoms with van der Waals surface area (Å²) in [5.74, 6) is 0. The van der Waals surface area contributed by atoms with Crippen LogP contribution in [-0.2, 0) is 0 Å². The van der Waals surface area contributed by atoms with Crippen LogP contribution < -0.4 is 22.5 Å². The fourth-order valence-corrected chi connectivity index (χ4v) is 1.73. The van der Waals surface area contributed by atoms with Crippen LogP contribution >= 0.6 is 0 Å². The SMILES string of the molecule is O=c1[nH]c(=O)c2[nH]cnc2[nH]1.O=c1[nH]c(=O)c2[nH]cnc2[nH]1. The van der Waals surface area contributed by atoms with E-state index in [-0.39, 0.29) is 22.3 Å². The van der Waals surface area contributed by atoms with Crippen LogP contribution in [0.15, 0.2) is 31.8 Å². The maximum atomic E-state index is 10.9. The molecule has 12 heteroatoms. The van der Waals surface area contributed by atoms with Crippen molar-refractivity contribution >= 4 is 22.3 Å². The van der Waals surface area contributed by atoms with Gasteiger partial charge in [-0.3, -0.25) is 29.5 Å². The number of aromatic nitrogens is 8. The number of H-pyrrole nitrogens is 6. The number of hydrogen-bond donors (Lipinski definition) is 6. The molecule has 0 saturated carbocycles. The minimum atomic E-state index is -0.547. The second-order valence-corrected chi connectivity index (χ2v) is 4.07. The second kappa shape index (κ2) is 5.01. The van der Waals surface area contributed by atoms with Crippen LogP contribution in [0, 0.1) is 0 Å². The number of fused-ring (bicyclic) bond motifs is 2. The zero-order valence-corrected chi connectivity index (χ0v) is 10.7. The summed E-state index contributed by atoms with van der Waals surface area (Å²) in [6, 6.07) is 0. The Bertz CT molecular complexity index is 1080. The van der Waals surface area contributed by atoms with Gasteiger partial charge >= 0.3 is 11.4 Å². The molecule has 0 unspecified atom stereocenters. The molecule has 0 amide bonds. The van der Waals surface area contributed by atoms with E-state index in [1.54, 1.807) is 0 Å². The number of nitrogens with zero attached hydrogens (tertiary/aromatic N) is 2. The molecule has 0 fully saturated rings. The molecule has 0 aliphatic carbocycles. The van der Waals surface area contributed by atoms with Crippen LogP contribution in [0.3, 0.4) is 0 Å². The van der Waals surface area contributed by atoms with Crippen LogP contribution in [0.5, 0.6) is 0 Å². The summed E-state index contributed by atoms with van der Waals surface area (Å²) in [5, 5.41) is 0. The third-order valence-corrected chi connectivity index (χ3v) is 2.65. The van der Waals surface area contributed by atoms with E-state index in [0.29, 0.717) is 0 Å². The number of hydrogen-bond acceptors (Lipinski definition) is 6. The monoisotopic (exact) mass is 304 g/mol. The third kappa shape index (κ3) is 2.35. The van der Waals surface area contributed by atoms with Crippen molar-refractivity contribution in [2.24, 2.45) is 0 Å². The summed E-state index contributed by atoms with van der Waals surface area (Å²) in [6.07, 6.45) is 2.69. The smallest absolute Gasteiger partial charge is 0.327 e. The van der Waals surface area contributed by atoms with Crippen molar-refractivity contribution in [1.82, 2.24) is 39.9 Å². The van der Waals surface area contributed by atoms with E-state index >= 15 is 0 Å². The van der Waals surface area contributed by atoms with E-state index in [1.807, 2.05) is 0 Å². The number of imidazole rings is 2. The highest BCUT2D eigenvalue weighted by Crippen LogP contribution is 1.93. The van der Waals surface area contributed by atoms with Gasteiger partial charge in [0.1, 0.15) is 11.0 Å². The average molecular weight is 304 g/mol. The Morgan fingerprint density at radius 3 is 1.45 bits per heavy atom. The molecule has 4 aromatic heterocycles. The number of rotatable bonds is 0. The van der Waals surface area contributed by atoms with Crippen molar-refractivity contribution in [2.75, 3.05) is 0 Å². The van der Waals surface area contributed by atoms with Gasteiger partial charge in [0.2, 0.25) is 0 Å². The highest BCUT2D eigenvalue weighted by atomic mass is 16.2. The molecule has 0 saturated heterocycles. The Labute approximate surface area is 117 Å². The quantitative estimate of drug-likeness (QED) is 0.215. The fraction of sp³-hybridized carbons (Fsp3) is 0. The van der Waals surface area contributed by atoms with Crippen molar-refractivity contribution in [3.63, 3.8) is 0 Å². The van der Waals surface area contributed by atoms with Gasteiger partial charge in [-0.25, -0.2) is 19.6 Å². The molecule has 4 rings (SSSR count). The fourth-order valence-electron chi connectivity index (χ4n) is 1.73. The van der Waals surface area contributed by atoms with Crippen molar-refractivity contribution in [3.8, 4) is 0 Å². The van der Waals surface area contributed by atoms with Crippen LogP contribution in [0.1, 0.15) is 0 Å². The molecule has 0 atom stereocenters. The normalized spacial score (nSPS) is 10.5. The van der Waals surface area contributed by atoms with Gasteiger partial charge < -0.3 is 9.97 Å². The summed E-state index contributed by atoms with van der Waals surface area (Å²) >= 11 is 0. The topological polar surface area (TPSA) is 189 Å². The Kier molecular flexibility index (Phi) is 3.02. The van der Waals surface area contributed by atoms with E-state index in [0.717, 1.165) is 0 Å². The lowest BCUT2D eigenvalue weighted by molar-refractivity contribution is 1.07. The first-order valence-electron chi connectivity index (χ1n) is 5.86. The minimum Gasteiger partial charge on any atom is -0.339 e. The maximum Gasteiger partial charge on any atom is 0.327 e. The Balaban J connectivity index is 0.000000131. The first-order chi connectivity index (χ1) is 10.5. The molecule has 0 spiro atoms. The summed E-state index contributed by atoms with van der Waals surface area (Å²) in [6.45, 7) is 0. The molecule has 0 bridgehead atoms. The molecule has 6 N–H and O–H groups in total. The minimum absolute atomic E-state index is 0.277. The van der Waals surface area contributed by atoms with Crippen LogP contribution in [-0.4, -0.2) is 39.9 Å². The summed E-state index contributed by atoms with van der Waals surface area (Å²) < 4.78 is 0. The molecule has 4 heterocycles. The molecule has 4 aromatic rings. The van der Waals surface area contributed by atoms with Gasteiger partial charge in [0.05, 0.1) is 12.7 Å². The molecule has 0 aromatic carbocycles. The van der Waals surface area contributed by atoms with Gasteiger partial charge in [-0.15, -0.1) is 0 Å². The average Bonchev–Trinajstić information content (AvgIpc) is 3.07. The number of nitrogens with one attached hydrogen (secondary N) is 6. The zero-order chi connectivity index (χ0) is 15.7. The van der Waals surface area contributed by atoms with Crippen molar-refractivity contribution in [2.45, 2.75) is 0 Å². The lowest BCUT2D eigenvalue weighted by atomic mass is 10.5. The molecular formula is C10H8N8O4. The highest BCUT2D eigenvalue weighted by Gasteiger charge is 2.00. The third-order valence-electron chi connectivity index (χ3n) is 2.65. The largest absolute Gasteiger partial charge is 0.339 e. The molecule has 0 aliphatic rings. The Morgan fingerprint density at radius 2 is 1.05 bits per heavy atom. The highest BCUT2D eigenvalue weighted by molar-refractivity contribution is 5.67. The molecular weight excluding hydrogens is 296 g/mol. The number of aromatic amines is 6. The predicted octanol–water partition coefficient (Wildman–Crippen LogP) is -2.12. The predicted molar refractivity (Wildman–Crippen MR) is 74.7 cm³/mol. The van der Waals surface area contributed by atoms with Crippen LogP contribution in [0.25, 0.3) is 22.3 Å². The van der Waals surface area contributed by atoms with E-state index in [9.17, 15) is 19.2 Å². The van der Waals surface area contributed by atoms with Gasteiger partial charge in [0, 0.05) is 0 Å². The Hall–Kier alpha value is -3.70. The zero-order valence-electron chi connectivity index (χ0n) is 10.7. The van der Waals surface area contributed by atoms with Gasteiger partial charge in [-0.1, -0.05) is 0 Å². The standard InChI is InChI=1S/2C5H4N4O2/c2*10-4-2-3(7-1-6-2)8-5(11)9-4/h2*1H,(H3,6,7,8,9,10,11). The summed E-state index contributed by atoms with van der Waals surface area (Å²) in [7, 11) is 0. The molecule has 22 heavy (non-hydrogen) atoms. The molecule has 0 aliphatic heterocycles. The Morgan fingerprint density at radius 1 is 0.636 bits per heavy atom. The van der Waals surface area contributed by atoms with E-state index < -0.39 is 22.5 Å². The van der Waals surface area contributed by atoms with Crippen molar-refractivity contribution in [1.29, 1.82) is 0 Å². The lowest BCUT2D eigenvalue weighted by Gasteiger charge is -1.83. The maximum absolute atomic E-state index is 10.9. The second-order valence-electron chi connectivity index (χ2n) is 4.07. The molecule has 112 valence electrons. The van der Waals surface area contributed by atoms with Gasteiger partial charge in [-0.05, 0) is 0 Å². The lowest BCUT2D eigenvalue weighted by Crippen LogP contribution is -2.21. The first kappa shape index (κ1) is 13.3. The van der Waals surface area contributed by atoms with Gasteiger partial charge in [0.15, 0.2) is 11.3 Å². The van der Waals surface area contributed by atoms with E-state index in [2.05, 4.69) is 39.9 Å². The molecule has 0 radical (unpaired) electrons. The van der Waals surface area contributed by atoms with E-state index in [4.69, 9.17) is 0 Å². The van der Waals surface area contributed by atoms with E-state index in [1.165, 1.54) is 12.7 Å².